The van der Waals surface area contributed by atoms with Crippen molar-refractivity contribution >= 4 is 19.0 Å². The van der Waals surface area contributed by atoms with Gasteiger partial charge in [-0.3, -0.25) is 13.9 Å². The van der Waals surface area contributed by atoms with Gasteiger partial charge in [0.15, 0.2) is 17.4 Å². The first-order valence-corrected chi connectivity index (χ1v) is 11.4. The number of nitrogens with zero attached hydrogens (tertiary/aromatic N) is 4. The Hall–Kier alpha value is -1.70. The molecule has 176 valence electrons. The number of H-pyrrole nitrogens is 1. The summed E-state index contributed by atoms with van der Waals surface area (Å²) in [7, 11) is -4.75. The standard InChI is InChI=1S/C11H15N4O8P.C6H15N/c1-4-14-6-9(12-3-13-10(6)18)15(4)11-8(17)7(16)5(23-11)2-22-24(19,20)21;1-4-7(5-2)6-3/h3,5,7-8,11,16-17H,2H2,1H3,(H,12,13,18)(H2,19,20,21);4-6H2,1-3H3/t5-,7-,8-,11-;/m1./s1. The van der Waals surface area contributed by atoms with E-state index >= 15 is 0 Å². The van der Waals surface area contributed by atoms with Crippen LogP contribution in [-0.2, 0) is 13.8 Å². The molecule has 0 saturated carbocycles. The lowest BCUT2D eigenvalue weighted by Crippen LogP contribution is -2.33. The lowest BCUT2D eigenvalue weighted by atomic mass is 10.1. The Kier molecular flexibility index (Phi) is 8.86. The first kappa shape index (κ1) is 25.6. The van der Waals surface area contributed by atoms with Crippen LogP contribution < -0.4 is 5.56 Å². The maximum atomic E-state index is 11.8. The van der Waals surface area contributed by atoms with Gasteiger partial charge in [-0.15, -0.1) is 0 Å². The Labute approximate surface area is 178 Å². The van der Waals surface area contributed by atoms with Crippen LogP contribution in [0.4, 0.5) is 0 Å². The van der Waals surface area contributed by atoms with E-state index in [0.29, 0.717) is 5.82 Å². The minimum atomic E-state index is -4.75. The van der Waals surface area contributed by atoms with E-state index in [4.69, 9.17) is 14.5 Å². The fraction of sp³-hybridized carbons (Fsp3) is 0.706. The molecule has 0 spiro atoms. The molecule has 3 rings (SSSR count). The second-order valence-corrected chi connectivity index (χ2v) is 8.12. The molecule has 0 aromatic carbocycles. The zero-order valence-electron chi connectivity index (χ0n) is 17.9. The zero-order valence-corrected chi connectivity index (χ0v) is 18.8. The van der Waals surface area contributed by atoms with Gasteiger partial charge in [0, 0.05) is 0 Å². The summed E-state index contributed by atoms with van der Waals surface area (Å²) in [6, 6.07) is 0. The molecule has 1 saturated heterocycles. The SMILES string of the molecule is CCN(CC)CC.Cc1nc2c(=O)[nH]cnc2n1[C@@H]1O[C@H](COP(=O)(O)O)[C@@H](O)[C@H]1O. The van der Waals surface area contributed by atoms with Crippen molar-refractivity contribution in [3.63, 3.8) is 0 Å². The number of aromatic nitrogens is 4. The van der Waals surface area contributed by atoms with Crippen LogP contribution in [0.15, 0.2) is 11.1 Å². The lowest BCUT2D eigenvalue weighted by Gasteiger charge is -2.18. The zero-order chi connectivity index (χ0) is 23.3. The van der Waals surface area contributed by atoms with E-state index in [1.807, 2.05) is 0 Å². The van der Waals surface area contributed by atoms with Gasteiger partial charge < -0.3 is 34.6 Å². The number of aliphatic hydroxyl groups is 2. The van der Waals surface area contributed by atoms with E-state index in [0.717, 1.165) is 6.33 Å². The van der Waals surface area contributed by atoms with Gasteiger partial charge >= 0.3 is 7.82 Å². The maximum Gasteiger partial charge on any atom is 0.469 e. The number of ether oxygens (including phenoxy) is 1. The summed E-state index contributed by atoms with van der Waals surface area (Å²) in [6.45, 7) is 11.1. The van der Waals surface area contributed by atoms with Gasteiger partial charge in [0.2, 0.25) is 0 Å². The van der Waals surface area contributed by atoms with E-state index < -0.39 is 44.5 Å². The number of nitrogens with one attached hydrogen (secondary N) is 1. The van der Waals surface area contributed by atoms with Crippen molar-refractivity contribution in [3.8, 4) is 0 Å². The minimum Gasteiger partial charge on any atom is -0.387 e. The molecule has 1 aliphatic rings. The number of aromatic amines is 1. The van der Waals surface area contributed by atoms with Crippen LogP contribution in [0.5, 0.6) is 0 Å². The monoisotopic (exact) mass is 463 g/mol. The van der Waals surface area contributed by atoms with Gasteiger partial charge in [-0.1, -0.05) is 20.8 Å². The smallest absolute Gasteiger partial charge is 0.387 e. The Balaban J connectivity index is 0.000000423. The van der Waals surface area contributed by atoms with Gasteiger partial charge in [-0.2, -0.15) is 0 Å². The fourth-order valence-electron chi connectivity index (χ4n) is 3.26. The Morgan fingerprint density at radius 3 is 2.35 bits per heavy atom. The summed E-state index contributed by atoms with van der Waals surface area (Å²) in [5, 5.41) is 20.2. The third kappa shape index (κ3) is 6.18. The molecule has 0 aliphatic carbocycles. The highest BCUT2D eigenvalue weighted by molar-refractivity contribution is 7.46. The van der Waals surface area contributed by atoms with Crippen LogP contribution in [-0.4, -0.2) is 89.0 Å². The second-order valence-electron chi connectivity index (χ2n) is 6.89. The van der Waals surface area contributed by atoms with Gasteiger partial charge in [0.1, 0.15) is 24.1 Å². The third-order valence-corrected chi connectivity index (χ3v) is 5.49. The molecule has 14 heteroatoms. The molecule has 0 radical (unpaired) electrons. The maximum absolute atomic E-state index is 11.8. The number of rotatable bonds is 7. The molecule has 1 fully saturated rings. The second kappa shape index (κ2) is 10.7. The van der Waals surface area contributed by atoms with E-state index in [1.54, 1.807) is 6.92 Å². The minimum absolute atomic E-state index is 0.0372. The average molecular weight is 463 g/mol. The van der Waals surface area contributed by atoms with Crippen LogP contribution in [0.1, 0.15) is 32.8 Å². The number of hydrogen-bond acceptors (Lipinski definition) is 9. The van der Waals surface area contributed by atoms with Gasteiger partial charge in [-0.25, -0.2) is 14.5 Å². The molecule has 0 unspecified atom stereocenters. The number of aryl methyl sites for hydroxylation is 1. The third-order valence-electron chi connectivity index (χ3n) is 5.00. The average Bonchev–Trinajstić information content (AvgIpc) is 3.19. The molecule has 2 aromatic heterocycles. The molecule has 2 aromatic rings. The van der Waals surface area contributed by atoms with Gasteiger partial charge in [0.05, 0.1) is 12.9 Å². The largest absolute Gasteiger partial charge is 0.469 e. The number of fused-ring (bicyclic) bond motifs is 1. The topological polar surface area (TPSA) is 183 Å². The molecule has 1 aliphatic heterocycles. The predicted octanol–water partition coefficient (Wildman–Crippen LogP) is -0.495. The predicted molar refractivity (Wildman–Crippen MR) is 110 cm³/mol. The highest BCUT2D eigenvalue weighted by Crippen LogP contribution is 2.38. The van der Waals surface area contributed by atoms with Crippen molar-refractivity contribution in [1.29, 1.82) is 0 Å². The summed E-state index contributed by atoms with van der Waals surface area (Å²) in [5.74, 6) is 0.307. The normalized spacial score (nSPS) is 23.9. The molecule has 0 amide bonds. The Morgan fingerprint density at radius 2 is 1.84 bits per heavy atom. The first-order chi connectivity index (χ1) is 14.5. The van der Waals surface area contributed by atoms with E-state index in [9.17, 15) is 19.6 Å². The quantitative estimate of drug-likeness (QED) is 0.334. The number of aliphatic hydroxyl groups excluding tert-OH is 2. The molecule has 3 heterocycles. The van der Waals surface area contributed by atoms with Crippen molar-refractivity contribution in [2.45, 2.75) is 52.2 Å². The van der Waals surface area contributed by atoms with Crippen molar-refractivity contribution in [2.75, 3.05) is 26.2 Å². The van der Waals surface area contributed by atoms with Crippen LogP contribution >= 0.6 is 7.82 Å². The van der Waals surface area contributed by atoms with Crippen molar-refractivity contribution in [3.05, 3.63) is 22.5 Å². The van der Waals surface area contributed by atoms with Crippen LogP contribution in [0, 0.1) is 6.92 Å². The summed E-state index contributed by atoms with van der Waals surface area (Å²) in [5.41, 5.74) is -0.296. The highest BCUT2D eigenvalue weighted by atomic mass is 31.2. The Morgan fingerprint density at radius 1 is 1.23 bits per heavy atom. The van der Waals surface area contributed by atoms with Gasteiger partial charge in [-0.05, 0) is 26.6 Å². The molecule has 0 bridgehead atoms. The van der Waals surface area contributed by atoms with Crippen LogP contribution in [0.25, 0.3) is 11.2 Å². The number of imidazole rings is 1. The molecule has 5 N–H and O–H groups in total. The number of phosphoric ester groups is 1. The summed E-state index contributed by atoms with van der Waals surface area (Å²) in [4.78, 5) is 42.0. The van der Waals surface area contributed by atoms with Crippen molar-refractivity contribution in [1.82, 2.24) is 24.4 Å². The molecular formula is C17H30N5O8P. The fourth-order valence-corrected chi connectivity index (χ4v) is 3.60. The molecule has 13 nitrogen and oxygen atoms in total. The molecule has 31 heavy (non-hydrogen) atoms. The Bertz CT molecular complexity index is 950. The summed E-state index contributed by atoms with van der Waals surface area (Å²) in [6.07, 6.45) is -4.07. The van der Waals surface area contributed by atoms with E-state index in [2.05, 4.69) is 45.1 Å². The van der Waals surface area contributed by atoms with Crippen molar-refractivity contribution < 1.29 is 33.8 Å². The van der Waals surface area contributed by atoms with Crippen molar-refractivity contribution in [2.24, 2.45) is 0 Å². The highest BCUT2D eigenvalue weighted by Gasteiger charge is 2.45. The summed E-state index contributed by atoms with van der Waals surface area (Å²) < 4.78 is 21.9. The van der Waals surface area contributed by atoms with Crippen LogP contribution in [0.2, 0.25) is 0 Å². The lowest BCUT2D eigenvalue weighted by molar-refractivity contribution is -0.0512. The number of hydrogen-bond donors (Lipinski definition) is 5. The van der Waals surface area contributed by atoms with E-state index in [1.165, 1.54) is 24.2 Å². The van der Waals surface area contributed by atoms with Gasteiger partial charge in [0.25, 0.3) is 5.56 Å². The summed E-state index contributed by atoms with van der Waals surface area (Å²) >= 11 is 0. The van der Waals surface area contributed by atoms with E-state index in [-0.39, 0.29) is 11.2 Å². The first-order valence-electron chi connectivity index (χ1n) is 9.90. The van der Waals surface area contributed by atoms with Crippen LogP contribution in [0.3, 0.4) is 0 Å². The molecule has 4 atom stereocenters. The molecular weight excluding hydrogens is 433 g/mol. The number of phosphoric acid groups is 1.